The van der Waals surface area contributed by atoms with Crippen molar-refractivity contribution in [2.45, 2.75) is 19.3 Å². The normalized spacial score (nSPS) is 14.8. The maximum absolute atomic E-state index is 9.23. The van der Waals surface area contributed by atoms with Gasteiger partial charge < -0.3 is 19.1 Å². The van der Waals surface area contributed by atoms with E-state index >= 15 is 0 Å². The van der Waals surface area contributed by atoms with Crippen LogP contribution in [-0.2, 0) is 0 Å². The van der Waals surface area contributed by atoms with Crippen molar-refractivity contribution in [3.8, 4) is 56.6 Å². The lowest BCUT2D eigenvalue weighted by Gasteiger charge is -2.29. The first kappa shape index (κ1) is 34.9. The molecule has 0 saturated carbocycles. The van der Waals surface area contributed by atoms with Crippen molar-refractivity contribution in [2.75, 3.05) is 37.0 Å². The third kappa shape index (κ3) is 7.59. The summed E-state index contributed by atoms with van der Waals surface area (Å²) < 4.78 is 104. The first-order valence-corrected chi connectivity index (χ1v) is 25.2. The highest BCUT2D eigenvalue weighted by atomic mass is 16.5. The molecule has 8 heteroatoms. The number of hydrogen-bond donors (Lipinski definition) is 0. The van der Waals surface area contributed by atoms with Crippen LogP contribution < -0.4 is 19.1 Å². The Balaban J connectivity index is 1.00. The molecule has 14 rings (SSSR count). The van der Waals surface area contributed by atoms with Gasteiger partial charge in [-0.15, -0.1) is 0 Å². The lowest BCUT2D eigenvalue weighted by atomic mass is 9.95. The number of rotatable bonds is 10. The van der Waals surface area contributed by atoms with Crippen LogP contribution >= 0.6 is 0 Å². The number of fused-ring (bicyclic) bond motifs is 7. The number of benzene rings is 9. The van der Waals surface area contributed by atoms with E-state index in [1.165, 1.54) is 6.42 Å². The first-order valence-electron chi connectivity index (χ1n) is 30.2. The summed E-state index contributed by atoms with van der Waals surface area (Å²) in [4.78, 5) is 9.40. The Morgan fingerprint density at radius 2 is 1.17 bits per heavy atom. The molecule has 0 unspecified atom stereocenters. The van der Waals surface area contributed by atoms with Crippen molar-refractivity contribution >= 4 is 66.0 Å². The molecule has 5 heterocycles. The molecule has 13 aromatic rings. The standard InChI is InChI=1S/C67H53N7O/c1-69(2)48-34-35-61-63(41-48)72(67-52(46-20-6-3-7-21-46)29-19-30-53(67)47-22-8-4-9-23-47)45-71(61)50-24-18-25-51(40-50)75-65-44-62-57(43-64(65)73-58-31-13-10-26-54(58)55-27-11-14-32-59(55)73)56-28-12-15-33-60(56)74(62)66-42-49(36-37-68-66)70-38-16-5-17-39-70/h3-4,6-15,18-37,40-44H,5,16-17,38-39H2,1-2H3/i3D,4D,6D,7D,8D,9D,20D,21D,22D,23D. The summed E-state index contributed by atoms with van der Waals surface area (Å²) in [6.07, 6.45) is 8.96. The number of piperidine rings is 1. The third-order valence-corrected chi connectivity index (χ3v) is 14.5. The minimum absolute atomic E-state index is 0.142. The molecule has 9 aromatic carbocycles. The Bertz CT molecular complexity index is 4730. The minimum Gasteiger partial charge on any atom is -0.456 e. The minimum atomic E-state index is -0.574. The smallest absolute Gasteiger partial charge is 0.269 e. The molecule has 0 bridgehead atoms. The summed E-state index contributed by atoms with van der Waals surface area (Å²) in [5.41, 5.74) is 8.57. The van der Waals surface area contributed by atoms with Crippen LogP contribution in [-0.4, -0.2) is 45.9 Å². The fourth-order valence-corrected chi connectivity index (χ4v) is 11.1. The van der Waals surface area contributed by atoms with Gasteiger partial charge in [-0.3, -0.25) is 13.7 Å². The Hall–Kier alpha value is -9.40. The molecule has 0 amide bonds. The lowest BCUT2D eigenvalue weighted by Crippen LogP contribution is -2.31. The van der Waals surface area contributed by atoms with Crippen LogP contribution in [0.15, 0.2) is 224 Å². The molecule has 4 aromatic heterocycles. The van der Waals surface area contributed by atoms with E-state index in [1.807, 2.05) is 72.2 Å². The quantitative estimate of drug-likeness (QED) is 0.101. The van der Waals surface area contributed by atoms with Crippen molar-refractivity contribution in [2.24, 2.45) is 0 Å². The van der Waals surface area contributed by atoms with Gasteiger partial charge in [0.25, 0.3) is 6.33 Å². The predicted octanol–water partition coefficient (Wildman–Crippen LogP) is 15.5. The van der Waals surface area contributed by atoms with E-state index in [-0.39, 0.29) is 27.9 Å². The van der Waals surface area contributed by atoms with E-state index < -0.39 is 60.4 Å². The number of aromatic nitrogens is 5. The predicted molar refractivity (Wildman–Crippen MR) is 308 cm³/mol. The summed E-state index contributed by atoms with van der Waals surface area (Å²) in [6, 6.07) is 46.8. The molecular formula is C67H53N7O. The fourth-order valence-electron chi connectivity index (χ4n) is 11.1. The van der Waals surface area contributed by atoms with Crippen molar-refractivity contribution in [3.05, 3.63) is 231 Å². The van der Waals surface area contributed by atoms with Gasteiger partial charge in [0.05, 0.1) is 63.9 Å². The van der Waals surface area contributed by atoms with Gasteiger partial charge in [0.1, 0.15) is 11.6 Å². The maximum Gasteiger partial charge on any atom is 0.269 e. The van der Waals surface area contributed by atoms with Gasteiger partial charge in [-0.2, -0.15) is 0 Å². The van der Waals surface area contributed by atoms with E-state index in [1.54, 1.807) is 22.8 Å². The highest BCUT2D eigenvalue weighted by Crippen LogP contribution is 2.43. The summed E-state index contributed by atoms with van der Waals surface area (Å²) in [6.45, 7) is 1.98. The Morgan fingerprint density at radius 3 is 1.84 bits per heavy atom. The van der Waals surface area contributed by atoms with Gasteiger partial charge in [-0.1, -0.05) is 145 Å². The fraction of sp³-hybridized carbons (Fsp3) is 0.104. The van der Waals surface area contributed by atoms with Gasteiger partial charge in [0.15, 0.2) is 5.75 Å². The Kier molecular flexibility index (Phi) is 8.49. The van der Waals surface area contributed by atoms with Crippen molar-refractivity contribution in [3.63, 3.8) is 0 Å². The van der Waals surface area contributed by atoms with Crippen LogP contribution in [0.5, 0.6) is 11.5 Å². The SMILES string of the molecule is [2H]c1c([2H])c([2H])c(-c2cccc(-c3c([2H])c([2H])c([2H])c([2H])c3[2H])c2-[n+]2[c-]n(-c3cccc(Oc4cc5c(cc4-n4c6ccccc6c6ccccc64)c4ccccc4n5-c4cc(N5CCCCC5)ccn4)c3)c3ccc(N(C)C)cc32)c([2H])c1[2H]. The molecular weight excluding hydrogens is 919 g/mol. The molecule has 1 fully saturated rings. The van der Waals surface area contributed by atoms with Crippen LogP contribution in [0.2, 0.25) is 0 Å². The van der Waals surface area contributed by atoms with Crippen molar-refractivity contribution in [1.82, 2.24) is 18.7 Å². The van der Waals surface area contributed by atoms with E-state index in [2.05, 4.69) is 117 Å². The number of imidazole rings is 1. The monoisotopic (exact) mass is 981 g/mol. The van der Waals surface area contributed by atoms with Gasteiger partial charge in [-0.05, 0) is 102 Å². The second-order valence-corrected chi connectivity index (χ2v) is 19.1. The average Bonchev–Trinajstić information content (AvgIpc) is 2.24. The molecule has 1 saturated heterocycles. The molecule has 0 radical (unpaired) electrons. The first-order chi connectivity index (χ1) is 41.2. The summed E-state index contributed by atoms with van der Waals surface area (Å²) >= 11 is 0. The molecule has 8 nitrogen and oxygen atoms in total. The topological polar surface area (TPSA) is 47.3 Å². The highest BCUT2D eigenvalue weighted by molar-refractivity contribution is 6.13. The summed E-state index contributed by atoms with van der Waals surface area (Å²) in [5, 5.41) is 4.26. The van der Waals surface area contributed by atoms with Crippen molar-refractivity contribution in [1.29, 1.82) is 0 Å². The Morgan fingerprint density at radius 1 is 0.547 bits per heavy atom. The number of nitrogens with zero attached hydrogens (tertiary/aromatic N) is 7. The third-order valence-electron chi connectivity index (χ3n) is 14.5. The Labute approximate surface area is 449 Å². The summed E-state index contributed by atoms with van der Waals surface area (Å²) in [7, 11) is 3.80. The van der Waals surface area contributed by atoms with Crippen LogP contribution in [0, 0.1) is 6.33 Å². The second kappa shape index (κ2) is 18.3. The number of anilines is 2. The van der Waals surface area contributed by atoms with E-state index in [4.69, 9.17) is 17.9 Å². The lowest BCUT2D eigenvalue weighted by molar-refractivity contribution is -0.571. The van der Waals surface area contributed by atoms with Crippen LogP contribution in [0.4, 0.5) is 11.4 Å². The summed E-state index contributed by atoms with van der Waals surface area (Å²) in [5.74, 6) is 1.84. The maximum atomic E-state index is 9.23. The molecule has 0 aliphatic carbocycles. The highest BCUT2D eigenvalue weighted by Gasteiger charge is 2.24. The number of para-hydroxylation sites is 4. The van der Waals surface area contributed by atoms with Gasteiger partial charge in [0, 0.05) is 78.4 Å². The zero-order valence-corrected chi connectivity index (χ0v) is 41.2. The molecule has 0 atom stereocenters. The molecule has 0 N–H and O–H groups in total. The molecule has 0 spiro atoms. The molecule has 362 valence electrons. The molecule has 1 aliphatic rings. The number of hydrogen-bond acceptors (Lipinski definition) is 4. The van der Waals surface area contributed by atoms with E-state index in [9.17, 15) is 5.48 Å². The van der Waals surface area contributed by atoms with Crippen LogP contribution in [0.1, 0.15) is 33.0 Å². The second-order valence-electron chi connectivity index (χ2n) is 19.1. The van der Waals surface area contributed by atoms with E-state index in [0.29, 0.717) is 28.2 Å². The largest absolute Gasteiger partial charge is 0.456 e. The van der Waals surface area contributed by atoms with Crippen molar-refractivity contribution < 1.29 is 23.0 Å². The zero-order chi connectivity index (χ0) is 58.7. The molecule has 75 heavy (non-hydrogen) atoms. The average molecular weight is 982 g/mol. The number of pyridine rings is 1. The van der Waals surface area contributed by atoms with Gasteiger partial charge in [-0.25, -0.2) is 4.98 Å². The zero-order valence-electron chi connectivity index (χ0n) is 51.2. The van der Waals surface area contributed by atoms with E-state index in [0.717, 1.165) is 92.4 Å². The molecule has 1 aliphatic heterocycles. The van der Waals surface area contributed by atoms with Gasteiger partial charge in [0.2, 0.25) is 0 Å². The van der Waals surface area contributed by atoms with Gasteiger partial charge >= 0.3 is 0 Å². The number of ether oxygens (including phenoxy) is 1. The van der Waals surface area contributed by atoms with Crippen LogP contribution in [0.3, 0.4) is 0 Å². The van der Waals surface area contributed by atoms with Crippen LogP contribution in [0.25, 0.3) is 99.8 Å².